The van der Waals surface area contributed by atoms with Crippen LogP contribution in [0.4, 0.5) is 15.8 Å². The van der Waals surface area contributed by atoms with Crippen molar-refractivity contribution in [3.8, 4) is 0 Å². The number of hydrogen-bond acceptors (Lipinski definition) is 2. The van der Waals surface area contributed by atoms with Gasteiger partial charge in [0.25, 0.3) is 0 Å². The maximum Gasteiger partial charge on any atom is 0.146 e. The van der Waals surface area contributed by atoms with Gasteiger partial charge in [-0.2, -0.15) is 0 Å². The molecule has 2 N–H and O–H groups in total. The van der Waals surface area contributed by atoms with E-state index >= 15 is 0 Å². The van der Waals surface area contributed by atoms with Crippen molar-refractivity contribution in [1.29, 1.82) is 0 Å². The van der Waals surface area contributed by atoms with Crippen molar-refractivity contribution in [3.05, 3.63) is 59.4 Å². The van der Waals surface area contributed by atoms with Crippen LogP contribution in [0.5, 0.6) is 0 Å². The number of nitrogen functional groups attached to an aromatic ring is 1. The summed E-state index contributed by atoms with van der Waals surface area (Å²) >= 11 is 0. The van der Waals surface area contributed by atoms with E-state index < -0.39 is 0 Å². The van der Waals surface area contributed by atoms with E-state index in [9.17, 15) is 4.39 Å². The number of hydrogen-bond donors (Lipinski definition) is 1. The average molecular weight is 258 g/mol. The molecule has 0 saturated carbocycles. The minimum atomic E-state index is -0.349. The fraction of sp³-hybridized carbons (Fsp3) is 0.250. The van der Waals surface area contributed by atoms with E-state index in [2.05, 4.69) is 36.9 Å². The van der Waals surface area contributed by atoms with Crippen molar-refractivity contribution in [1.82, 2.24) is 0 Å². The average Bonchev–Trinajstić information content (AvgIpc) is 2.40. The van der Waals surface area contributed by atoms with Gasteiger partial charge >= 0.3 is 0 Å². The Morgan fingerprint density at radius 3 is 2.58 bits per heavy atom. The lowest BCUT2D eigenvalue weighted by Gasteiger charge is -2.24. The first-order valence-corrected chi connectivity index (χ1v) is 6.46. The molecule has 0 amide bonds. The summed E-state index contributed by atoms with van der Waals surface area (Å²) in [5.41, 5.74) is 9.20. The highest BCUT2D eigenvalue weighted by Gasteiger charge is 2.09. The van der Waals surface area contributed by atoms with Crippen LogP contribution in [0.1, 0.15) is 18.1 Å². The van der Waals surface area contributed by atoms with Gasteiger partial charge in [0.15, 0.2) is 0 Å². The van der Waals surface area contributed by atoms with Gasteiger partial charge in [0, 0.05) is 18.8 Å². The fourth-order valence-corrected chi connectivity index (χ4v) is 2.14. The van der Waals surface area contributed by atoms with Gasteiger partial charge < -0.3 is 10.6 Å². The predicted molar refractivity (Wildman–Crippen MR) is 78.7 cm³/mol. The van der Waals surface area contributed by atoms with Crippen LogP contribution in [-0.4, -0.2) is 6.54 Å². The van der Waals surface area contributed by atoms with E-state index in [4.69, 9.17) is 5.73 Å². The molecule has 3 heteroatoms. The number of nitrogens with two attached hydrogens (primary N) is 1. The number of anilines is 2. The summed E-state index contributed by atoms with van der Waals surface area (Å²) in [4.78, 5) is 2.18. The first-order chi connectivity index (χ1) is 9.11. The Kier molecular flexibility index (Phi) is 4.05. The van der Waals surface area contributed by atoms with Crippen molar-refractivity contribution < 1.29 is 4.39 Å². The smallest absolute Gasteiger partial charge is 0.146 e. The summed E-state index contributed by atoms with van der Waals surface area (Å²) in [5, 5.41) is 0. The Hall–Kier alpha value is -2.03. The molecule has 2 aromatic rings. The van der Waals surface area contributed by atoms with Crippen molar-refractivity contribution >= 4 is 11.4 Å². The molecule has 0 radical (unpaired) electrons. The van der Waals surface area contributed by atoms with Crippen LogP contribution < -0.4 is 10.6 Å². The largest absolute Gasteiger partial charge is 0.396 e. The molecule has 2 nitrogen and oxygen atoms in total. The van der Waals surface area contributed by atoms with Gasteiger partial charge in [0.05, 0.1) is 5.69 Å². The highest BCUT2D eigenvalue weighted by molar-refractivity contribution is 5.53. The molecule has 0 aliphatic rings. The van der Waals surface area contributed by atoms with Gasteiger partial charge in [-0.3, -0.25) is 0 Å². The van der Waals surface area contributed by atoms with E-state index in [0.717, 1.165) is 17.8 Å². The van der Waals surface area contributed by atoms with E-state index in [0.29, 0.717) is 6.54 Å². The van der Waals surface area contributed by atoms with Gasteiger partial charge in [-0.25, -0.2) is 4.39 Å². The normalized spacial score (nSPS) is 10.5. The summed E-state index contributed by atoms with van der Waals surface area (Å²) in [7, 11) is 0. The van der Waals surface area contributed by atoms with Crippen LogP contribution in [0.15, 0.2) is 42.5 Å². The molecule has 0 atom stereocenters. The SMILES string of the molecule is CCN(Cc1cccc(F)c1N)c1cccc(C)c1. The van der Waals surface area contributed by atoms with Crippen LogP contribution in [-0.2, 0) is 6.54 Å². The van der Waals surface area contributed by atoms with Crippen LogP contribution in [0, 0.1) is 12.7 Å². The van der Waals surface area contributed by atoms with Crippen LogP contribution in [0.2, 0.25) is 0 Å². The third-order valence-corrected chi connectivity index (χ3v) is 3.25. The molecule has 2 rings (SSSR count). The Bertz CT molecular complexity index is 566. The molecule has 0 spiro atoms. The molecule has 0 fully saturated rings. The second-order valence-corrected chi connectivity index (χ2v) is 4.67. The number of para-hydroxylation sites is 1. The van der Waals surface area contributed by atoms with Gasteiger partial charge in [0.2, 0.25) is 0 Å². The summed E-state index contributed by atoms with van der Waals surface area (Å²) in [6.07, 6.45) is 0. The molecule has 2 aromatic carbocycles. The highest BCUT2D eigenvalue weighted by Crippen LogP contribution is 2.22. The van der Waals surface area contributed by atoms with Crippen LogP contribution in [0.25, 0.3) is 0 Å². The standard InChI is InChI=1S/C16H19FN2/c1-3-19(14-8-4-6-12(2)10-14)11-13-7-5-9-15(17)16(13)18/h4-10H,3,11,18H2,1-2H3. The van der Waals surface area contributed by atoms with Crippen molar-refractivity contribution in [3.63, 3.8) is 0 Å². The first-order valence-electron chi connectivity index (χ1n) is 6.46. The predicted octanol–water partition coefficient (Wildman–Crippen LogP) is 3.74. The second-order valence-electron chi connectivity index (χ2n) is 4.67. The molecular formula is C16H19FN2. The molecule has 0 bridgehead atoms. The zero-order valence-corrected chi connectivity index (χ0v) is 11.4. The number of benzene rings is 2. The van der Waals surface area contributed by atoms with Crippen LogP contribution >= 0.6 is 0 Å². The molecular weight excluding hydrogens is 239 g/mol. The summed E-state index contributed by atoms with van der Waals surface area (Å²) in [6.45, 7) is 5.61. The number of rotatable bonds is 4. The van der Waals surface area contributed by atoms with Crippen LogP contribution in [0.3, 0.4) is 0 Å². The van der Waals surface area contributed by atoms with E-state index in [1.807, 2.05) is 12.1 Å². The second kappa shape index (κ2) is 5.74. The fourth-order valence-electron chi connectivity index (χ4n) is 2.14. The van der Waals surface area contributed by atoms with Crippen molar-refractivity contribution in [2.24, 2.45) is 0 Å². The zero-order valence-electron chi connectivity index (χ0n) is 11.4. The topological polar surface area (TPSA) is 29.3 Å². The molecule has 0 unspecified atom stereocenters. The van der Waals surface area contributed by atoms with E-state index in [1.165, 1.54) is 11.6 Å². The van der Waals surface area contributed by atoms with E-state index in [1.54, 1.807) is 6.07 Å². The Morgan fingerprint density at radius 2 is 1.89 bits per heavy atom. The Morgan fingerprint density at radius 1 is 1.16 bits per heavy atom. The van der Waals surface area contributed by atoms with E-state index in [-0.39, 0.29) is 11.5 Å². The van der Waals surface area contributed by atoms with Crippen molar-refractivity contribution in [2.75, 3.05) is 17.2 Å². The number of nitrogens with zero attached hydrogens (tertiary/aromatic N) is 1. The van der Waals surface area contributed by atoms with Gasteiger partial charge in [-0.1, -0.05) is 24.3 Å². The molecule has 0 aromatic heterocycles. The third kappa shape index (κ3) is 3.05. The molecule has 0 heterocycles. The number of aryl methyl sites for hydroxylation is 1. The quantitative estimate of drug-likeness (QED) is 0.846. The lowest BCUT2D eigenvalue weighted by atomic mass is 10.1. The lowest BCUT2D eigenvalue weighted by molar-refractivity contribution is 0.630. The maximum absolute atomic E-state index is 13.5. The molecule has 100 valence electrons. The molecule has 0 aliphatic carbocycles. The minimum absolute atomic E-state index is 0.244. The summed E-state index contributed by atoms with van der Waals surface area (Å²) in [5.74, 6) is -0.349. The zero-order chi connectivity index (χ0) is 13.8. The minimum Gasteiger partial charge on any atom is -0.396 e. The maximum atomic E-state index is 13.5. The monoisotopic (exact) mass is 258 g/mol. The van der Waals surface area contributed by atoms with Gasteiger partial charge in [-0.05, 0) is 43.2 Å². The van der Waals surface area contributed by atoms with Crippen molar-refractivity contribution in [2.45, 2.75) is 20.4 Å². The molecule has 0 aliphatic heterocycles. The summed E-state index contributed by atoms with van der Waals surface area (Å²) < 4.78 is 13.5. The van der Waals surface area contributed by atoms with Gasteiger partial charge in [-0.15, -0.1) is 0 Å². The highest BCUT2D eigenvalue weighted by atomic mass is 19.1. The first kappa shape index (κ1) is 13.4. The third-order valence-electron chi connectivity index (χ3n) is 3.25. The Labute approximate surface area is 113 Å². The number of halogens is 1. The lowest BCUT2D eigenvalue weighted by Crippen LogP contribution is -2.22. The molecule has 19 heavy (non-hydrogen) atoms. The van der Waals surface area contributed by atoms with Gasteiger partial charge in [0.1, 0.15) is 5.82 Å². The summed E-state index contributed by atoms with van der Waals surface area (Å²) in [6, 6.07) is 13.2. The Balaban J connectivity index is 2.26. The molecule has 0 saturated heterocycles.